The summed E-state index contributed by atoms with van der Waals surface area (Å²) in [7, 11) is 0. The summed E-state index contributed by atoms with van der Waals surface area (Å²) < 4.78 is 39.4. The van der Waals surface area contributed by atoms with Gasteiger partial charge in [-0.3, -0.25) is 0 Å². The van der Waals surface area contributed by atoms with Crippen LogP contribution in [0.2, 0.25) is 0 Å². The first kappa shape index (κ1) is 16.4. The van der Waals surface area contributed by atoms with Crippen LogP contribution in [-0.4, -0.2) is 0 Å². The molecule has 2 aromatic rings. The van der Waals surface area contributed by atoms with Crippen LogP contribution in [-0.2, 0) is 6.18 Å². The molecule has 0 aliphatic heterocycles. The van der Waals surface area contributed by atoms with E-state index in [-0.39, 0.29) is 6.04 Å². The lowest BCUT2D eigenvalue weighted by atomic mass is 10.1. The van der Waals surface area contributed by atoms with E-state index in [0.29, 0.717) is 5.69 Å². The molecular weight excluding hydrogens is 411 g/mol. The van der Waals surface area contributed by atoms with E-state index in [2.05, 4.69) is 37.2 Å². The smallest absolute Gasteiger partial charge is 0.378 e. The van der Waals surface area contributed by atoms with Gasteiger partial charge >= 0.3 is 6.18 Å². The highest BCUT2D eigenvalue weighted by atomic mass is 79.9. The zero-order valence-electron chi connectivity index (χ0n) is 11.0. The molecule has 0 spiro atoms. The van der Waals surface area contributed by atoms with Gasteiger partial charge in [0, 0.05) is 20.7 Å². The molecule has 0 fully saturated rings. The molecule has 2 rings (SSSR count). The molecule has 0 heterocycles. The van der Waals surface area contributed by atoms with Crippen LogP contribution in [0.25, 0.3) is 0 Å². The second-order valence-corrected chi connectivity index (χ2v) is 6.38. The van der Waals surface area contributed by atoms with Crippen LogP contribution in [0, 0.1) is 0 Å². The number of rotatable bonds is 3. The van der Waals surface area contributed by atoms with E-state index < -0.39 is 11.7 Å². The van der Waals surface area contributed by atoms with E-state index in [1.165, 1.54) is 12.1 Å². The van der Waals surface area contributed by atoms with Crippen molar-refractivity contribution < 1.29 is 13.2 Å². The number of anilines is 1. The van der Waals surface area contributed by atoms with Crippen molar-refractivity contribution in [3.63, 3.8) is 0 Å². The van der Waals surface area contributed by atoms with Crippen molar-refractivity contribution >= 4 is 37.5 Å². The van der Waals surface area contributed by atoms with Gasteiger partial charge in [-0.2, -0.15) is 13.2 Å². The topological polar surface area (TPSA) is 12.0 Å². The molecule has 1 unspecified atom stereocenters. The minimum absolute atomic E-state index is 0.0378. The fourth-order valence-corrected chi connectivity index (χ4v) is 3.33. The summed E-state index contributed by atoms with van der Waals surface area (Å²) in [5.41, 5.74) is 1.02. The number of halogens is 5. The highest BCUT2D eigenvalue weighted by Gasteiger charge is 2.29. The van der Waals surface area contributed by atoms with Crippen LogP contribution in [0.3, 0.4) is 0 Å². The van der Waals surface area contributed by atoms with Crippen LogP contribution in [0.1, 0.15) is 24.1 Å². The lowest BCUT2D eigenvalue weighted by Crippen LogP contribution is -2.08. The van der Waals surface area contributed by atoms with Crippen molar-refractivity contribution in [2.45, 2.75) is 19.1 Å². The minimum Gasteiger partial charge on any atom is -0.378 e. The van der Waals surface area contributed by atoms with Crippen molar-refractivity contribution in [1.29, 1.82) is 0 Å². The van der Waals surface area contributed by atoms with Crippen molar-refractivity contribution in [2.75, 3.05) is 5.32 Å². The second kappa shape index (κ2) is 6.40. The minimum atomic E-state index is -4.31. The SMILES string of the molecule is CC(Nc1ccc(C(F)(F)F)cc1)c1ccc(Br)cc1Br. The van der Waals surface area contributed by atoms with E-state index in [1.54, 1.807) is 0 Å². The molecule has 0 aliphatic rings. The monoisotopic (exact) mass is 421 g/mol. The van der Waals surface area contributed by atoms with E-state index >= 15 is 0 Å². The van der Waals surface area contributed by atoms with Crippen molar-refractivity contribution in [1.82, 2.24) is 0 Å². The maximum absolute atomic E-state index is 12.5. The first-order valence-electron chi connectivity index (χ1n) is 6.16. The summed E-state index contributed by atoms with van der Waals surface area (Å²) >= 11 is 6.86. The predicted octanol–water partition coefficient (Wildman–Crippen LogP) is 6.40. The number of hydrogen-bond acceptors (Lipinski definition) is 1. The van der Waals surface area contributed by atoms with Gasteiger partial charge in [0.25, 0.3) is 0 Å². The Kier molecular flexibility index (Phi) is 4.99. The summed E-state index contributed by atoms with van der Waals surface area (Å²) in [6.07, 6.45) is -4.31. The van der Waals surface area contributed by atoms with Crippen molar-refractivity contribution in [3.8, 4) is 0 Å². The van der Waals surface area contributed by atoms with Crippen LogP contribution in [0.4, 0.5) is 18.9 Å². The standard InChI is InChI=1S/C15H12Br2F3N/c1-9(13-7-4-11(16)8-14(13)17)21-12-5-2-10(3-6-12)15(18,19)20/h2-9,21H,1H3. The first-order chi connectivity index (χ1) is 9.77. The van der Waals surface area contributed by atoms with Gasteiger partial charge in [-0.25, -0.2) is 0 Å². The average Bonchev–Trinajstić information content (AvgIpc) is 2.38. The molecule has 0 saturated heterocycles. The van der Waals surface area contributed by atoms with Crippen LogP contribution in [0.5, 0.6) is 0 Å². The normalized spacial score (nSPS) is 13.0. The summed E-state index contributed by atoms with van der Waals surface area (Å²) in [5, 5.41) is 3.18. The summed E-state index contributed by atoms with van der Waals surface area (Å²) in [4.78, 5) is 0. The largest absolute Gasteiger partial charge is 0.416 e. The molecule has 112 valence electrons. The Labute approximate surface area is 137 Å². The number of nitrogens with one attached hydrogen (secondary N) is 1. The molecule has 0 amide bonds. The Balaban J connectivity index is 2.14. The van der Waals surface area contributed by atoms with Gasteiger partial charge < -0.3 is 5.32 Å². The lowest BCUT2D eigenvalue weighted by molar-refractivity contribution is -0.137. The van der Waals surface area contributed by atoms with Crippen LogP contribution in [0.15, 0.2) is 51.4 Å². The average molecular weight is 423 g/mol. The van der Waals surface area contributed by atoms with E-state index in [0.717, 1.165) is 26.6 Å². The molecule has 1 nitrogen and oxygen atoms in total. The Morgan fingerprint density at radius 3 is 2.14 bits per heavy atom. The molecule has 6 heteroatoms. The molecule has 21 heavy (non-hydrogen) atoms. The quantitative estimate of drug-likeness (QED) is 0.603. The molecule has 0 radical (unpaired) electrons. The van der Waals surface area contributed by atoms with Crippen LogP contribution >= 0.6 is 31.9 Å². The van der Waals surface area contributed by atoms with Crippen molar-refractivity contribution in [3.05, 3.63) is 62.5 Å². The van der Waals surface area contributed by atoms with Gasteiger partial charge in [0.05, 0.1) is 5.56 Å². The lowest BCUT2D eigenvalue weighted by Gasteiger charge is -2.18. The fraction of sp³-hybridized carbons (Fsp3) is 0.200. The maximum Gasteiger partial charge on any atom is 0.416 e. The number of alkyl halides is 3. The van der Waals surface area contributed by atoms with E-state index in [4.69, 9.17) is 0 Å². The molecule has 0 aromatic heterocycles. The van der Waals surface area contributed by atoms with Gasteiger partial charge in [0.2, 0.25) is 0 Å². The molecule has 2 aromatic carbocycles. The molecule has 0 saturated carbocycles. The number of hydrogen-bond donors (Lipinski definition) is 1. The molecule has 1 N–H and O–H groups in total. The highest BCUT2D eigenvalue weighted by molar-refractivity contribution is 9.11. The Hall–Kier alpha value is -1.01. The molecular formula is C15H12Br2F3N. The summed E-state index contributed by atoms with van der Waals surface area (Å²) in [6, 6.07) is 10.8. The van der Waals surface area contributed by atoms with E-state index in [9.17, 15) is 13.2 Å². The third-order valence-electron chi connectivity index (χ3n) is 3.02. The molecule has 0 aliphatic carbocycles. The number of benzene rings is 2. The zero-order chi connectivity index (χ0) is 15.6. The van der Waals surface area contributed by atoms with Gasteiger partial charge in [-0.05, 0) is 48.9 Å². The highest BCUT2D eigenvalue weighted by Crippen LogP contribution is 2.32. The van der Waals surface area contributed by atoms with Gasteiger partial charge in [0.1, 0.15) is 0 Å². The van der Waals surface area contributed by atoms with E-state index in [1.807, 2.05) is 25.1 Å². The van der Waals surface area contributed by atoms with Crippen molar-refractivity contribution in [2.24, 2.45) is 0 Å². The third kappa shape index (κ3) is 4.23. The van der Waals surface area contributed by atoms with Gasteiger partial charge in [-0.1, -0.05) is 37.9 Å². The summed E-state index contributed by atoms with van der Waals surface area (Å²) in [5.74, 6) is 0. The van der Waals surface area contributed by atoms with Crippen LogP contribution < -0.4 is 5.32 Å². The molecule has 0 bridgehead atoms. The molecule has 1 atom stereocenters. The van der Waals surface area contributed by atoms with Gasteiger partial charge in [0.15, 0.2) is 0 Å². The second-order valence-electron chi connectivity index (χ2n) is 4.61. The zero-order valence-corrected chi connectivity index (χ0v) is 14.2. The Morgan fingerprint density at radius 2 is 1.62 bits per heavy atom. The summed E-state index contributed by atoms with van der Waals surface area (Å²) in [6.45, 7) is 1.95. The Morgan fingerprint density at radius 1 is 1.00 bits per heavy atom. The first-order valence-corrected chi connectivity index (χ1v) is 7.75. The Bertz CT molecular complexity index is 624. The fourth-order valence-electron chi connectivity index (χ4n) is 1.94. The maximum atomic E-state index is 12.5. The predicted molar refractivity (Wildman–Crippen MR) is 85.3 cm³/mol. The van der Waals surface area contributed by atoms with Gasteiger partial charge in [-0.15, -0.1) is 0 Å². The third-order valence-corrected chi connectivity index (χ3v) is 4.20.